The van der Waals surface area contributed by atoms with E-state index in [9.17, 15) is 9.59 Å². The van der Waals surface area contributed by atoms with Gasteiger partial charge in [-0.2, -0.15) is 0 Å². The average Bonchev–Trinajstić information content (AvgIpc) is 2.07. The van der Waals surface area contributed by atoms with Gasteiger partial charge in [-0.05, 0) is 20.3 Å². The summed E-state index contributed by atoms with van der Waals surface area (Å²) >= 11 is 0. The lowest BCUT2D eigenvalue weighted by molar-refractivity contribution is -0.151. The van der Waals surface area contributed by atoms with E-state index in [0.29, 0.717) is 12.0 Å². The van der Waals surface area contributed by atoms with Gasteiger partial charge in [0.1, 0.15) is 0 Å². The highest BCUT2D eigenvalue weighted by Crippen LogP contribution is 2.02. The highest BCUT2D eigenvalue weighted by atomic mass is 16.5. The Morgan fingerprint density at radius 3 is 2.25 bits per heavy atom. The highest BCUT2D eigenvalue weighted by molar-refractivity contribution is 6.40. The Labute approximate surface area is 72.4 Å². The van der Waals surface area contributed by atoms with Gasteiger partial charge < -0.3 is 4.74 Å². The summed E-state index contributed by atoms with van der Waals surface area (Å²) in [7, 11) is 0. The highest BCUT2D eigenvalue weighted by Gasteiger charge is 2.17. The van der Waals surface area contributed by atoms with Crippen LogP contribution in [-0.4, -0.2) is 18.4 Å². The average molecular weight is 170 g/mol. The summed E-state index contributed by atoms with van der Waals surface area (Å²) < 4.78 is 4.56. The predicted octanol–water partition coefficient (Wildman–Crippen LogP) is 1.47. The number of esters is 1. The minimum Gasteiger partial charge on any atom is -0.460 e. The van der Waals surface area contributed by atoms with Gasteiger partial charge in [0.15, 0.2) is 0 Å². The molecule has 0 fully saturated rings. The summed E-state index contributed by atoms with van der Waals surface area (Å²) in [6, 6.07) is 0. The van der Waals surface area contributed by atoms with Crippen molar-refractivity contribution in [1.82, 2.24) is 0 Å². The molecular formula is C9H14O3. The minimum absolute atomic E-state index is 0.241. The SMILES string of the molecule is CC=C(CC)C(=O)C(=O)OCC. The molecule has 0 spiro atoms. The molecule has 0 aromatic carbocycles. The molecule has 0 saturated carbocycles. The third kappa shape index (κ3) is 2.86. The van der Waals surface area contributed by atoms with Gasteiger partial charge >= 0.3 is 5.97 Å². The number of ether oxygens (including phenoxy) is 1. The van der Waals surface area contributed by atoms with Crippen molar-refractivity contribution in [3.05, 3.63) is 11.6 Å². The lowest BCUT2D eigenvalue weighted by Gasteiger charge is -2.01. The molecule has 0 N–H and O–H groups in total. The maximum atomic E-state index is 11.2. The monoisotopic (exact) mass is 170 g/mol. The first-order chi connectivity index (χ1) is 5.67. The van der Waals surface area contributed by atoms with Crippen LogP contribution in [0.2, 0.25) is 0 Å². The Hall–Kier alpha value is -1.12. The Morgan fingerprint density at radius 1 is 1.33 bits per heavy atom. The summed E-state index contributed by atoms with van der Waals surface area (Å²) in [5, 5.41) is 0. The van der Waals surface area contributed by atoms with Crippen LogP contribution in [0, 0.1) is 0 Å². The van der Waals surface area contributed by atoms with E-state index in [4.69, 9.17) is 0 Å². The van der Waals surface area contributed by atoms with Gasteiger partial charge in [-0.25, -0.2) is 4.79 Å². The number of carbonyl (C=O) groups excluding carboxylic acids is 2. The molecule has 0 rings (SSSR count). The van der Waals surface area contributed by atoms with Crippen molar-refractivity contribution in [2.75, 3.05) is 6.61 Å². The summed E-state index contributed by atoms with van der Waals surface area (Å²) in [4.78, 5) is 22.0. The van der Waals surface area contributed by atoms with Gasteiger partial charge in [0.2, 0.25) is 0 Å². The van der Waals surface area contributed by atoms with E-state index >= 15 is 0 Å². The molecule has 0 amide bonds. The van der Waals surface area contributed by atoms with Crippen molar-refractivity contribution in [1.29, 1.82) is 0 Å². The molecule has 3 nitrogen and oxygen atoms in total. The van der Waals surface area contributed by atoms with Gasteiger partial charge in [0.25, 0.3) is 5.78 Å². The van der Waals surface area contributed by atoms with E-state index in [2.05, 4.69) is 4.74 Å². The van der Waals surface area contributed by atoms with Crippen LogP contribution in [0.3, 0.4) is 0 Å². The zero-order valence-corrected chi connectivity index (χ0v) is 7.72. The molecule has 0 aromatic heterocycles. The summed E-state index contributed by atoms with van der Waals surface area (Å²) in [6.45, 7) is 5.47. The minimum atomic E-state index is -0.757. The number of ketones is 1. The topological polar surface area (TPSA) is 43.4 Å². The fraction of sp³-hybridized carbons (Fsp3) is 0.556. The molecule has 0 atom stereocenters. The zero-order valence-electron chi connectivity index (χ0n) is 7.72. The Kier molecular flexibility index (Phi) is 5.00. The maximum absolute atomic E-state index is 11.2. The van der Waals surface area contributed by atoms with Crippen LogP contribution in [0.25, 0.3) is 0 Å². The standard InChI is InChI=1S/C9H14O3/c1-4-7(5-2)8(10)9(11)12-6-3/h4H,5-6H2,1-3H3. The number of hydrogen-bond donors (Lipinski definition) is 0. The second-order valence-corrected chi connectivity index (χ2v) is 2.22. The molecule has 0 aliphatic carbocycles. The van der Waals surface area contributed by atoms with Gasteiger partial charge in [-0.3, -0.25) is 4.79 Å². The fourth-order valence-electron chi connectivity index (χ4n) is 0.824. The Bertz CT molecular complexity index is 204. The Morgan fingerprint density at radius 2 is 1.92 bits per heavy atom. The normalized spacial score (nSPS) is 11.1. The first-order valence-electron chi connectivity index (χ1n) is 4.03. The van der Waals surface area contributed by atoms with E-state index in [0.717, 1.165) is 0 Å². The molecule has 0 aliphatic rings. The lowest BCUT2D eigenvalue weighted by atomic mass is 10.1. The van der Waals surface area contributed by atoms with E-state index < -0.39 is 11.8 Å². The van der Waals surface area contributed by atoms with Crippen molar-refractivity contribution >= 4 is 11.8 Å². The molecule has 0 bridgehead atoms. The molecule has 68 valence electrons. The number of Topliss-reactive ketones (excluding diaryl/α,β-unsaturated/α-hetero) is 1. The van der Waals surface area contributed by atoms with Crippen LogP contribution in [0.15, 0.2) is 11.6 Å². The van der Waals surface area contributed by atoms with Crippen molar-refractivity contribution < 1.29 is 14.3 Å². The van der Waals surface area contributed by atoms with Crippen molar-refractivity contribution in [3.8, 4) is 0 Å². The zero-order chi connectivity index (χ0) is 9.56. The van der Waals surface area contributed by atoms with Gasteiger partial charge in [0, 0.05) is 5.57 Å². The van der Waals surface area contributed by atoms with Crippen LogP contribution in [0.4, 0.5) is 0 Å². The molecule has 0 aliphatic heterocycles. The van der Waals surface area contributed by atoms with Gasteiger partial charge in [-0.1, -0.05) is 13.0 Å². The molecule has 0 heterocycles. The van der Waals surface area contributed by atoms with Crippen molar-refractivity contribution in [2.24, 2.45) is 0 Å². The van der Waals surface area contributed by atoms with Crippen LogP contribution < -0.4 is 0 Å². The second-order valence-electron chi connectivity index (χ2n) is 2.22. The fourth-order valence-corrected chi connectivity index (χ4v) is 0.824. The van der Waals surface area contributed by atoms with E-state index in [-0.39, 0.29) is 6.61 Å². The molecule has 3 heteroatoms. The van der Waals surface area contributed by atoms with Gasteiger partial charge in [-0.15, -0.1) is 0 Å². The van der Waals surface area contributed by atoms with Crippen LogP contribution in [-0.2, 0) is 14.3 Å². The van der Waals surface area contributed by atoms with Crippen LogP contribution in [0.5, 0.6) is 0 Å². The Balaban J connectivity index is 4.28. The van der Waals surface area contributed by atoms with Crippen molar-refractivity contribution in [3.63, 3.8) is 0 Å². The molecule has 0 radical (unpaired) electrons. The van der Waals surface area contributed by atoms with Gasteiger partial charge in [0.05, 0.1) is 6.61 Å². The molecule has 0 saturated heterocycles. The van der Waals surface area contributed by atoms with Crippen LogP contribution >= 0.6 is 0 Å². The predicted molar refractivity (Wildman–Crippen MR) is 45.7 cm³/mol. The number of hydrogen-bond acceptors (Lipinski definition) is 3. The first-order valence-corrected chi connectivity index (χ1v) is 4.03. The summed E-state index contributed by atoms with van der Waals surface area (Å²) in [5.41, 5.74) is 0.508. The maximum Gasteiger partial charge on any atom is 0.379 e. The van der Waals surface area contributed by atoms with Crippen LogP contribution in [0.1, 0.15) is 27.2 Å². The lowest BCUT2D eigenvalue weighted by Crippen LogP contribution is -2.18. The number of rotatable bonds is 4. The van der Waals surface area contributed by atoms with Crippen molar-refractivity contribution in [2.45, 2.75) is 27.2 Å². The molecule has 0 aromatic rings. The summed E-state index contributed by atoms with van der Waals surface area (Å²) in [6.07, 6.45) is 2.20. The number of allylic oxidation sites excluding steroid dienone is 1. The second kappa shape index (κ2) is 5.52. The number of carbonyl (C=O) groups is 2. The quantitative estimate of drug-likeness (QED) is 0.364. The largest absolute Gasteiger partial charge is 0.460 e. The molecule has 0 unspecified atom stereocenters. The molecular weight excluding hydrogens is 156 g/mol. The third-order valence-corrected chi connectivity index (χ3v) is 1.48. The smallest absolute Gasteiger partial charge is 0.379 e. The first kappa shape index (κ1) is 10.9. The van der Waals surface area contributed by atoms with E-state index in [1.54, 1.807) is 19.9 Å². The third-order valence-electron chi connectivity index (χ3n) is 1.48. The van der Waals surface area contributed by atoms with E-state index in [1.807, 2.05) is 6.92 Å². The summed E-state index contributed by atoms with van der Waals surface area (Å²) in [5.74, 6) is -1.28. The van der Waals surface area contributed by atoms with E-state index in [1.165, 1.54) is 0 Å². The molecule has 12 heavy (non-hydrogen) atoms.